The van der Waals surface area contributed by atoms with Gasteiger partial charge >= 0.3 is 0 Å². The van der Waals surface area contributed by atoms with Crippen molar-refractivity contribution < 1.29 is 4.74 Å². The van der Waals surface area contributed by atoms with Gasteiger partial charge in [-0.3, -0.25) is 0 Å². The third kappa shape index (κ3) is 2.91. The summed E-state index contributed by atoms with van der Waals surface area (Å²) in [5, 5.41) is 0. The minimum atomic E-state index is 0.659. The van der Waals surface area contributed by atoms with E-state index in [0.717, 1.165) is 18.4 Å². The molecule has 0 saturated carbocycles. The van der Waals surface area contributed by atoms with E-state index in [-0.39, 0.29) is 0 Å². The van der Waals surface area contributed by atoms with E-state index >= 15 is 0 Å². The predicted molar refractivity (Wildman–Crippen MR) is 105 cm³/mol. The maximum Gasteiger partial charge on any atom is 0.141 e. The number of hydrogen-bond donors (Lipinski definition) is 1. The topological polar surface area (TPSA) is 35.2 Å². The van der Waals surface area contributed by atoms with Crippen molar-refractivity contribution in [3.63, 3.8) is 0 Å². The first-order chi connectivity index (χ1) is 12.3. The van der Waals surface area contributed by atoms with Gasteiger partial charge in [0.2, 0.25) is 0 Å². The molecular formula is C23H21NO. The third-order valence-electron chi connectivity index (χ3n) is 4.84. The Bertz CT molecular complexity index is 906. The molecule has 1 aliphatic carbocycles. The van der Waals surface area contributed by atoms with Gasteiger partial charge in [0.05, 0.1) is 12.8 Å². The van der Waals surface area contributed by atoms with Crippen LogP contribution < -0.4 is 10.5 Å². The van der Waals surface area contributed by atoms with Crippen LogP contribution in [0.4, 0.5) is 5.69 Å². The molecule has 2 nitrogen and oxygen atoms in total. The van der Waals surface area contributed by atoms with Crippen LogP contribution >= 0.6 is 0 Å². The zero-order valence-corrected chi connectivity index (χ0v) is 14.3. The molecule has 0 unspecified atom stereocenters. The van der Waals surface area contributed by atoms with Gasteiger partial charge in [0, 0.05) is 0 Å². The first kappa shape index (κ1) is 15.5. The molecule has 0 amide bonds. The Morgan fingerprint density at radius 3 is 2.00 bits per heavy atom. The first-order valence-corrected chi connectivity index (χ1v) is 8.58. The summed E-state index contributed by atoms with van der Waals surface area (Å²) in [4.78, 5) is 0. The average molecular weight is 327 g/mol. The Labute approximate surface area is 148 Å². The summed E-state index contributed by atoms with van der Waals surface area (Å²) in [6, 6.07) is 23.3. The number of ether oxygens (including phenoxy) is 1. The highest BCUT2D eigenvalue weighted by Gasteiger charge is 2.17. The standard InChI is InChI=1S/C23H21NO/c1-25-23-13-10-16(15-22(23)24)14-21-19-8-4-2-6-17(19)11-12-18-7-3-5-9-20(18)21/h2-10,13-15H,11-12,24H2,1H3. The van der Waals surface area contributed by atoms with Crippen molar-refractivity contribution in [2.45, 2.75) is 12.8 Å². The second-order valence-corrected chi connectivity index (χ2v) is 6.37. The van der Waals surface area contributed by atoms with Crippen LogP contribution in [0, 0.1) is 0 Å². The van der Waals surface area contributed by atoms with Crippen molar-refractivity contribution in [1.82, 2.24) is 0 Å². The summed E-state index contributed by atoms with van der Waals surface area (Å²) in [6.45, 7) is 0. The fourth-order valence-corrected chi connectivity index (χ4v) is 3.58. The van der Waals surface area contributed by atoms with Crippen molar-refractivity contribution in [3.05, 3.63) is 94.5 Å². The van der Waals surface area contributed by atoms with E-state index in [2.05, 4.69) is 60.7 Å². The zero-order valence-electron chi connectivity index (χ0n) is 14.3. The van der Waals surface area contributed by atoms with Gasteiger partial charge in [-0.15, -0.1) is 0 Å². The van der Waals surface area contributed by atoms with Crippen molar-refractivity contribution >= 4 is 17.3 Å². The van der Waals surface area contributed by atoms with Gasteiger partial charge in [-0.2, -0.15) is 0 Å². The van der Waals surface area contributed by atoms with Crippen molar-refractivity contribution in [1.29, 1.82) is 0 Å². The summed E-state index contributed by atoms with van der Waals surface area (Å²) >= 11 is 0. The van der Waals surface area contributed by atoms with Gasteiger partial charge < -0.3 is 10.5 Å². The number of rotatable bonds is 2. The van der Waals surface area contributed by atoms with E-state index in [1.807, 2.05) is 12.1 Å². The van der Waals surface area contributed by atoms with E-state index < -0.39 is 0 Å². The van der Waals surface area contributed by atoms with E-state index in [1.165, 1.54) is 27.8 Å². The summed E-state index contributed by atoms with van der Waals surface area (Å²) in [7, 11) is 1.64. The Hall–Kier alpha value is -3.00. The van der Waals surface area contributed by atoms with Crippen LogP contribution in [0.25, 0.3) is 11.6 Å². The highest BCUT2D eigenvalue weighted by Crippen LogP contribution is 2.35. The lowest BCUT2D eigenvalue weighted by Crippen LogP contribution is -1.94. The van der Waals surface area contributed by atoms with Gasteiger partial charge in [-0.1, -0.05) is 54.6 Å². The number of benzene rings is 3. The molecule has 25 heavy (non-hydrogen) atoms. The fraction of sp³-hybridized carbons (Fsp3) is 0.130. The maximum atomic E-state index is 6.10. The molecule has 3 aromatic rings. The molecule has 0 bridgehead atoms. The number of hydrogen-bond acceptors (Lipinski definition) is 2. The molecule has 3 aromatic carbocycles. The molecule has 0 heterocycles. The van der Waals surface area contributed by atoms with Crippen molar-refractivity contribution in [2.24, 2.45) is 0 Å². The average Bonchev–Trinajstić information content (AvgIpc) is 2.80. The predicted octanol–water partition coefficient (Wildman–Crippen LogP) is 4.96. The number of fused-ring (bicyclic) bond motifs is 2. The van der Waals surface area contributed by atoms with Gasteiger partial charge in [0.1, 0.15) is 5.75 Å². The minimum Gasteiger partial charge on any atom is -0.495 e. The fourth-order valence-electron chi connectivity index (χ4n) is 3.58. The van der Waals surface area contributed by atoms with Crippen LogP contribution in [-0.2, 0) is 12.8 Å². The van der Waals surface area contributed by atoms with E-state index in [9.17, 15) is 0 Å². The highest BCUT2D eigenvalue weighted by atomic mass is 16.5. The second kappa shape index (κ2) is 6.48. The summed E-state index contributed by atoms with van der Waals surface area (Å²) in [5.74, 6) is 0.712. The molecule has 0 aliphatic heterocycles. The number of aryl methyl sites for hydroxylation is 2. The molecule has 2 N–H and O–H groups in total. The first-order valence-electron chi connectivity index (χ1n) is 8.58. The Morgan fingerprint density at radius 1 is 0.840 bits per heavy atom. The van der Waals surface area contributed by atoms with Crippen LogP contribution in [0.5, 0.6) is 5.75 Å². The summed E-state index contributed by atoms with van der Waals surface area (Å²) < 4.78 is 5.28. The summed E-state index contributed by atoms with van der Waals surface area (Å²) in [5.41, 5.74) is 14.5. The van der Waals surface area contributed by atoms with Crippen LogP contribution in [0.2, 0.25) is 0 Å². The lowest BCUT2D eigenvalue weighted by atomic mass is 9.92. The molecule has 0 fully saturated rings. The zero-order chi connectivity index (χ0) is 17.2. The van der Waals surface area contributed by atoms with Crippen LogP contribution in [0.3, 0.4) is 0 Å². The quantitative estimate of drug-likeness (QED) is 0.675. The Morgan fingerprint density at radius 2 is 1.44 bits per heavy atom. The molecule has 0 radical (unpaired) electrons. The van der Waals surface area contributed by atoms with E-state index in [1.54, 1.807) is 7.11 Å². The highest BCUT2D eigenvalue weighted by molar-refractivity contribution is 5.94. The minimum absolute atomic E-state index is 0.659. The van der Waals surface area contributed by atoms with E-state index in [4.69, 9.17) is 10.5 Å². The molecule has 1 aliphatic rings. The van der Waals surface area contributed by atoms with Gasteiger partial charge in [-0.05, 0) is 64.4 Å². The molecule has 0 atom stereocenters. The lowest BCUT2D eigenvalue weighted by molar-refractivity contribution is 0.417. The smallest absolute Gasteiger partial charge is 0.141 e. The molecular weight excluding hydrogens is 306 g/mol. The van der Waals surface area contributed by atoms with Crippen molar-refractivity contribution in [3.8, 4) is 5.75 Å². The second-order valence-electron chi connectivity index (χ2n) is 6.37. The molecule has 2 heteroatoms. The monoisotopic (exact) mass is 327 g/mol. The Balaban J connectivity index is 1.92. The van der Waals surface area contributed by atoms with Gasteiger partial charge in [0.15, 0.2) is 0 Å². The largest absolute Gasteiger partial charge is 0.495 e. The molecule has 4 rings (SSSR count). The van der Waals surface area contributed by atoms with Crippen LogP contribution in [0.15, 0.2) is 66.7 Å². The molecule has 124 valence electrons. The normalized spacial score (nSPS) is 12.8. The van der Waals surface area contributed by atoms with Crippen LogP contribution in [0.1, 0.15) is 27.8 Å². The van der Waals surface area contributed by atoms with Crippen molar-refractivity contribution in [2.75, 3.05) is 12.8 Å². The van der Waals surface area contributed by atoms with Crippen LogP contribution in [-0.4, -0.2) is 7.11 Å². The molecule has 0 aromatic heterocycles. The molecule has 0 spiro atoms. The number of nitrogens with two attached hydrogens (primary N) is 1. The maximum absolute atomic E-state index is 6.10. The number of anilines is 1. The molecule has 0 saturated heterocycles. The third-order valence-corrected chi connectivity index (χ3v) is 4.84. The van der Waals surface area contributed by atoms with Gasteiger partial charge in [0.25, 0.3) is 0 Å². The van der Waals surface area contributed by atoms with E-state index in [0.29, 0.717) is 11.4 Å². The SMILES string of the molecule is COc1ccc(C=C2c3ccccc3CCc3ccccc32)cc1N. The Kier molecular flexibility index (Phi) is 4.02. The lowest BCUT2D eigenvalue weighted by Gasteiger charge is -2.13. The van der Waals surface area contributed by atoms with Gasteiger partial charge in [-0.25, -0.2) is 0 Å². The number of nitrogen functional groups attached to an aromatic ring is 1. The summed E-state index contributed by atoms with van der Waals surface area (Å²) in [6.07, 6.45) is 4.36. The number of methoxy groups -OCH3 is 1.